The van der Waals surface area contributed by atoms with Crippen molar-refractivity contribution < 1.29 is 0 Å². The van der Waals surface area contributed by atoms with Crippen LogP contribution in [0.1, 0.15) is 0 Å². The summed E-state index contributed by atoms with van der Waals surface area (Å²) >= 11 is 3.78. The summed E-state index contributed by atoms with van der Waals surface area (Å²) in [5.41, 5.74) is 0. The molecule has 0 radical (unpaired) electrons. The maximum Gasteiger partial charge on any atom is 0.0254 e. The van der Waals surface area contributed by atoms with Crippen molar-refractivity contribution in [3.8, 4) is 0 Å². The van der Waals surface area contributed by atoms with Crippen molar-refractivity contribution in [2.45, 2.75) is 0 Å². The molecule has 0 heterocycles. The predicted octanol–water partition coefficient (Wildman–Crippen LogP) is 8.27. The molecule has 0 aromatic heterocycles. The Hall–Kier alpha value is -2.90. The molecule has 27 heavy (non-hydrogen) atoms. The van der Waals surface area contributed by atoms with Gasteiger partial charge in [0.25, 0.3) is 0 Å². The maximum absolute atomic E-state index is 3.78. The molecule has 8 rings (SSSR count). The fraction of sp³-hybridized carbons (Fsp3) is 0. The van der Waals surface area contributed by atoms with Gasteiger partial charge in [0.2, 0.25) is 0 Å². The molecule has 0 aliphatic rings. The smallest absolute Gasteiger partial charge is 0.0254 e. The lowest BCUT2D eigenvalue weighted by Crippen LogP contribution is -1.82. The Morgan fingerprint density at radius 1 is 0.370 bits per heavy atom. The van der Waals surface area contributed by atoms with Crippen molar-refractivity contribution in [3.05, 3.63) is 71.2 Å². The molecule has 0 saturated carbocycles. The molecular formula is C26H11Br. The highest BCUT2D eigenvalue weighted by Crippen LogP contribution is 2.53. The third-order valence-electron chi connectivity index (χ3n) is 6.75. The lowest BCUT2D eigenvalue weighted by Gasteiger charge is -2.10. The first kappa shape index (κ1) is 13.3. The molecule has 0 saturated heterocycles. The van der Waals surface area contributed by atoms with Crippen molar-refractivity contribution in [1.29, 1.82) is 0 Å². The second-order valence-corrected chi connectivity index (χ2v) is 8.66. The molecule has 8 aromatic rings. The van der Waals surface area contributed by atoms with Crippen molar-refractivity contribution in [3.63, 3.8) is 0 Å². The first-order valence-electron chi connectivity index (χ1n) is 9.33. The second-order valence-electron chi connectivity index (χ2n) is 7.81. The van der Waals surface area contributed by atoms with E-state index in [4.69, 9.17) is 0 Å². The van der Waals surface area contributed by atoms with Crippen molar-refractivity contribution in [2.24, 2.45) is 0 Å². The summed E-state index contributed by atoms with van der Waals surface area (Å²) in [4.78, 5) is 0. The van der Waals surface area contributed by atoms with Gasteiger partial charge in [-0.25, -0.2) is 0 Å². The molecule has 0 unspecified atom stereocenters. The minimum absolute atomic E-state index is 1.18. The van der Waals surface area contributed by atoms with Crippen LogP contribution < -0.4 is 0 Å². The van der Waals surface area contributed by atoms with E-state index in [1.807, 2.05) is 0 Å². The molecule has 0 aliphatic carbocycles. The fourth-order valence-corrected chi connectivity index (χ4v) is 6.24. The largest absolute Gasteiger partial charge is 0.0610 e. The van der Waals surface area contributed by atoms with Crippen LogP contribution in [0.5, 0.6) is 0 Å². The predicted molar refractivity (Wildman–Crippen MR) is 121 cm³/mol. The van der Waals surface area contributed by atoms with Gasteiger partial charge in [-0.15, -0.1) is 0 Å². The highest BCUT2D eigenvalue weighted by molar-refractivity contribution is 9.10. The van der Waals surface area contributed by atoms with E-state index in [2.05, 4.69) is 82.7 Å². The average Bonchev–Trinajstić information content (AvgIpc) is 3.22. The van der Waals surface area contributed by atoms with Crippen LogP contribution in [0.3, 0.4) is 0 Å². The normalized spacial score (nSPS) is 13.4. The summed E-state index contributed by atoms with van der Waals surface area (Å²) in [5.74, 6) is 0. The number of halogens is 1. The molecule has 0 atom stereocenters. The van der Waals surface area contributed by atoms with Crippen molar-refractivity contribution >= 4 is 91.3 Å². The first-order valence-corrected chi connectivity index (χ1v) is 10.1. The van der Waals surface area contributed by atoms with Gasteiger partial charge in [-0.2, -0.15) is 0 Å². The average molecular weight is 403 g/mol. The summed E-state index contributed by atoms with van der Waals surface area (Å²) in [7, 11) is 0. The van der Waals surface area contributed by atoms with Crippen LogP contribution in [0.25, 0.3) is 75.4 Å². The number of fused-ring (bicyclic) bond motifs is 3. The van der Waals surface area contributed by atoms with Crippen LogP contribution in [0.15, 0.2) is 71.2 Å². The van der Waals surface area contributed by atoms with E-state index < -0.39 is 0 Å². The molecule has 8 aromatic carbocycles. The van der Waals surface area contributed by atoms with Gasteiger partial charge in [0.1, 0.15) is 0 Å². The third-order valence-corrected chi connectivity index (χ3v) is 7.44. The lowest BCUT2D eigenvalue weighted by atomic mass is 9.93. The second kappa shape index (κ2) is 4.00. The Morgan fingerprint density at radius 2 is 0.852 bits per heavy atom. The van der Waals surface area contributed by atoms with E-state index in [9.17, 15) is 0 Å². The van der Waals surface area contributed by atoms with Gasteiger partial charge in [0.05, 0.1) is 0 Å². The van der Waals surface area contributed by atoms with E-state index in [1.165, 1.54) is 79.9 Å². The van der Waals surface area contributed by atoms with Crippen LogP contribution in [0, 0.1) is 0 Å². The molecule has 1 heteroatoms. The Balaban J connectivity index is 1.94. The molecule has 0 aliphatic heterocycles. The first-order chi connectivity index (χ1) is 13.3. The Bertz CT molecular complexity index is 1820. The zero-order valence-corrected chi connectivity index (χ0v) is 15.8. The molecule has 0 fully saturated rings. The Kier molecular flexibility index (Phi) is 1.97. The van der Waals surface area contributed by atoms with E-state index in [1.54, 1.807) is 0 Å². The van der Waals surface area contributed by atoms with E-state index in [0.29, 0.717) is 0 Å². The van der Waals surface area contributed by atoms with Gasteiger partial charge in [0, 0.05) is 4.47 Å². The number of hydrogen-bond acceptors (Lipinski definition) is 0. The van der Waals surface area contributed by atoms with E-state index in [-0.39, 0.29) is 0 Å². The van der Waals surface area contributed by atoms with E-state index in [0.717, 1.165) is 0 Å². The van der Waals surface area contributed by atoms with Gasteiger partial charge in [-0.05, 0) is 81.5 Å². The topological polar surface area (TPSA) is 0 Å². The minimum Gasteiger partial charge on any atom is -0.0610 e. The van der Waals surface area contributed by atoms with E-state index >= 15 is 0 Å². The summed E-state index contributed by atoms with van der Waals surface area (Å²) in [6.07, 6.45) is 0. The van der Waals surface area contributed by atoms with Gasteiger partial charge >= 0.3 is 0 Å². The zero-order valence-electron chi connectivity index (χ0n) is 14.2. The van der Waals surface area contributed by atoms with Crippen LogP contribution in [0.2, 0.25) is 0 Å². The van der Waals surface area contributed by atoms with Crippen LogP contribution in [-0.2, 0) is 0 Å². The summed E-state index contributed by atoms with van der Waals surface area (Å²) < 4.78 is 1.18. The van der Waals surface area contributed by atoms with Gasteiger partial charge in [-0.3, -0.25) is 0 Å². The molecule has 0 spiro atoms. The molecular weight excluding hydrogens is 392 g/mol. The molecule has 0 bridgehead atoms. The van der Waals surface area contributed by atoms with Crippen molar-refractivity contribution in [2.75, 3.05) is 0 Å². The summed E-state index contributed by atoms with van der Waals surface area (Å²) in [5, 5.41) is 19.7. The lowest BCUT2D eigenvalue weighted by molar-refractivity contribution is 1.80. The molecule has 0 amide bonds. The van der Waals surface area contributed by atoms with Gasteiger partial charge < -0.3 is 0 Å². The standard InChI is InChI=1S/C26H11Br/c27-20-11-10-14-17-7-6-16-13-3-1-2-12-4-5-15-18-8-9-19(20)22(14)24(18)26(17)25(16)23(15)21(12)13/h1-11H. The van der Waals surface area contributed by atoms with Gasteiger partial charge in [-0.1, -0.05) is 76.6 Å². The zero-order chi connectivity index (χ0) is 17.4. The van der Waals surface area contributed by atoms with Gasteiger partial charge in [0.15, 0.2) is 0 Å². The SMILES string of the molecule is Brc1ccc2c3ccc4c5cccc6ccc7c8ccc1c2c8c3c4c7c65. The number of hydrogen-bond donors (Lipinski definition) is 0. The molecule has 0 N–H and O–H groups in total. The number of benzene rings is 6. The maximum atomic E-state index is 3.78. The highest BCUT2D eigenvalue weighted by atomic mass is 79.9. The summed E-state index contributed by atoms with van der Waals surface area (Å²) in [6.45, 7) is 0. The number of rotatable bonds is 0. The quantitative estimate of drug-likeness (QED) is 0.224. The van der Waals surface area contributed by atoms with Crippen LogP contribution in [-0.4, -0.2) is 0 Å². The summed E-state index contributed by atoms with van der Waals surface area (Å²) in [6, 6.07) is 25.1. The minimum atomic E-state index is 1.18. The molecule has 122 valence electrons. The van der Waals surface area contributed by atoms with Crippen LogP contribution >= 0.6 is 15.9 Å². The van der Waals surface area contributed by atoms with Crippen molar-refractivity contribution in [1.82, 2.24) is 0 Å². The fourth-order valence-electron chi connectivity index (χ4n) is 5.78. The molecule has 0 nitrogen and oxygen atoms in total. The van der Waals surface area contributed by atoms with Crippen LogP contribution in [0.4, 0.5) is 0 Å². The Morgan fingerprint density at radius 3 is 1.59 bits per heavy atom. The highest BCUT2D eigenvalue weighted by Gasteiger charge is 2.24. The Labute approximate surface area is 162 Å². The third kappa shape index (κ3) is 1.24. The monoisotopic (exact) mass is 402 g/mol.